The molecule has 2 aromatic heterocycles. The number of hydrogen-bond donors (Lipinski definition) is 0. The molecule has 0 unspecified atom stereocenters. The Morgan fingerprint density at radius 3 is 2.41 bits per heavy atom. The van der Waals surface area contributed by atoms with Crippen LogP contribution in [0.3, 0.4) is 0 Å². The molecule has 2 heterocycles. The number of aryl methyl sites for hydroxylation is 1. The summed E-state index contributed by atoms with van der Waals surface area (Å²) >= 11 is 0. The topological polar surface area (TPSA) is 61.9 Å². The van der Waals surface area contributed by atoms with Crippen LogP contribution in [0.15, 0.2) is 65.8 Å². The Balaban J connectivity index is 1.67. The summed E-state index contributed by atoms with van der Waals surface area (Å²) in [6, 6.07) is 12.4. The molecule has 0 spiro atoms. The van der Waals surface area contributed by atoms with Gasteiger partial charge in [-0.15, -0.1) is 13.2 Å². The van der Waals surface area contributed by atoms with E-state index < -0.39 is 6.36 Å². The Hall–Kier alpha value is -3.62. The van der Waals surface area contributed by atoms with Crippen LogP contribution in [0, 0.1) is 0 Å². The zero-order chi connectivity index (χ0) is 20.6. The maximum atomic E-state index is 12.9. The fraction of sp³-hybridized carbons (Fsp3) is 0.150. The lowest BCUT2D eigenvalue weighted by Gasteiger charge is -2.10. The zero-order valence-corrected chi connectivity index (χ0v) is 15.2. The molecule has 9 heteroatoms. The third-order valence-electron chi connectivity index (χ3n) is 4.35. The van der Waals surface area contributed by atoms with Crippen molar-refractivity contribution < 1.29 is 17.9 Å². The van der Waals surface area contributed by atoms with Crippen molar-refractivity contribution in [3.63, 3.8) is 0 Å². The molecule has 0 fully saturated rings. The lowest BCUT2D eigenvalue weighted by molar-refractivity contribution is -0.274. The van der Waals surface area contributed by atoms with Gasteiger partial charge in [0.05, 0.1) is 29.5 Å². The molecule has 6 nitrogen and oxygen atoms in total. The van der Waals surface area contributed by atoms with Gasteiger partial charge in [-0.1, -0.05) is 18.2 Å². The number of ether oxygens (including phenoxy) is 1. The quantitative estimate of drug-likeness (QED) is 0.524. The standard InChI is InChI=1S/C20H15F3N4O2/c1-26-9-8-15(25-26)11-27-12-24-18-7-4-14(10-17(18)19(27)28)13-2-5-16(6-3-13)29-20(21,22)23/h2-10,12H,11H2,1H3. The second-order valence-electron chi connectivity index (χ2n) is 6.46. The molecule has 0 aliphatic carbocycles. The molecule has 0 radical (unpaired) electrons. The van der Waals surface area contributed by atoms with Crippen LogP contribution in [0.4, 0.5) is 13.2 Å². The third kappa shape index (κ3) is 4.13. The van der Waals surface area contributed by atoms with Crippen LogP contribution >= 0.6 is 0 Å². The number of halogens is 3. The van der Waals surface area contributed by atoms with Crippen LogP contribution in [0.25, 0.3) is 22.0 Å². The van der Waals surface area contributed by atoms with Gasteiger partial charge in [0.2, 0.25) is 0 Å². The van der Waals surface area contributed by atoms with Crippen LogP contribution < -0.4 is 10.3 Å². The number of hydrogen-bond acceptors (Lipinski definition) is 4. The Morgan fingerprint density at radius 1 is 1.03 bits per heavy atom. The highest BCUT2D eigenvalue weighted by Crippen LogP contribution is 2.27. The van der Waals surface area contributed by atoms with Gasteiger partial charge in [-0.25, -0.2) is 4.98 Å². The number of nitrogens with zero attached hydrogens (tertiary/aromatic N) is 4. The SMILES string of the molecule is Cn1ccc(Cn2cnc3ccc(-c4ccc(OC(F)(F)F)cc4)cc3c2=O)n1. The fourth-order valence-electron chi connectivity index (χ4n) is 3.02. The Labute approximate surface area is 162 Å². The van der Waals surface area contributed by atoms with E-state index in [2.05, 4.69) is 14.8 Å². The third-order valence-corrected chi connectivity index (χ3v) is 4.35. The van der Waals surface area contributed by atoms with Crippen molar-refractivity contribution in [2.24, 2.45) is 7.05 Å². The van der Waals surface area contributed by atoms with Gasteiger partial charge in [0.1, 0.15) is 5.75 Å². The number of benzene rings is 2. The molecule has 0 N–H and O–H groups in total. The summed E-state index contributed by atoms with van der Waals surface area (Å²) in [5.74, 6) is -0.304. The molecule has 29 heavy (non-hydrogen) atoms. The summed E-state index contributed by atoms with van der Waals surface area (Å²) in [7, 11) is 1.79. The Kier molecular flexibility index (Phi) is 4.57. The van der Waals surface area contributed by atoms with Crippen molar-refractivity contribution in [1.29, 1.82) is 0 Å². The minimum absolute atomic E-state index is 0.223. The van der Waals surface area contributed by atoms with Crippen molar-refractivity contribution in [3.05, 3.63) is 77.1 Å². The maximum Gasteiger partial charge on any atom is 0.573 e. The molecule has 4 rings (SSSR count). The van der Waals surface area contributed by atoms with Crippen LogP contribution in [0.1, 0.15) is 5.69 Å². The highest BCUT2D eigenvalue weighted by Gasteiger charge is 2.30. The van der Waals surface area contributed by atoms with Crippen LogP contribution in [-0.2, 0) is 13.6 Å². The maximum absolute atomic E-state index is 12.9. The molecule has 0 saturated carbocycles. The molecule has 0 saturated heterocycles. The first kappa shape index (κ1) is 18.7. The number of alkyl halides is 3. The number of rotatable bonds is 4. The zero-order valence-electron chi connectivity index (χ0n) is 15.2. The predicted octanol–water partition coefficient (Wildman–Crippen LogP) is 3.74. The van der Waals surface area contributed by atoms with E-state index in [0.717, 1.165) is 5.69 Å². The smallest absolute Gasteiger partial charge is 0.406 e. The summed E-state index contributed by atoms with van der Waals surface area (Å²) in [4.78, 5) is 17.2. The van der Waals surface area contributed by atoms with Crippen molar-refractivity contribution in [1.82, 2.24) is 19.3 Å². The molecule has 4 aromatic rings. The molecule has 0 aliphatic rings. The van der Waals surface area contributed by atoms with E-state index in [9.17, 15) is 18.0 Å². The van der Waals surface area contributed by atoms with Gasteiger partial charge in [-0.05, 0) is 41.5 Å². The summed E-state index contributed by atoms with van der Waals surface area (Å²) in [6.45, 7) is 0.288. The predicted molar refractivity (Wildman–Crippen MR) is 100 cm³/mol. The average molecular weight is 400 g/mol. The van der Waals surface area contributed by atoms with Crippen LogP contribution in [-0.4, -0.2) is 25.7 Å². The molecular weight excluding hydrogens is 385 g/mol. The number of aromatic nitrogens is 4. The first-order valence-corrected chi connectivity index (χ1v) is 8.62. The minimum Gasteiger partial charge on any atom is -0.406 e. The van der Waals surface area contributed by atoms with Crippen LogP contribution in [0.2, 0.25) is 0 Å². The second kappa shape index (κ2) is 7.08. The van der Waals surface area contributed by atoms with Crippen molar-refractivity contribution in [2.45, 2.75) is 12.9 Å². The fourth-order valence-corrected chi connectivity index (χ4v) is 3.02. The monoisotopic (exact) mass is 400 g/mol. The summed E-state index contributed by atoms with van der Waals surface area (Å²) < 4.78 is 43.9. The molecule has 0 aliphatic heterocycles. The van der Waals surface area contributed by atoms with Gasteiger partial charge in [0.15, 0.2) is 0 Å². The largest absolute Gasteiger partial charge is 0.573 e. The molecule has 0 amide bonds. The van der Waals surface area contributed by atoms with Gasteiger partial charge in [-0.3, -0.25) is 14.0 Å². The first-order chi connectivity index (χ1) is 13.8. The van der Waals surface area contributed by atoms with E-state index in [4.69, 9.17) is 0 Å². The minimum atomic E-state index is -4.74. The van der Waals surface area contributed by atoms with E-state index in [1.54, 1.807) is 36.1 Å². The summed E-state index contributed by atoms with van der Waals surface area (Å²) in [6.07, 6.45) is -1.48. The first-order valence-electron chi connectivity index (χ1n) is 8.62. The second-order valence-corrected chi connectivity index (χ2v) is 6.46. The van der Waals surface area contributed by atoms with E-state index in [-0.39, 0.29) is 17.9 Å². The molecule has 0 bridgehead atoms. The highest BCUT2D eigenvalue weighted by molar-refractivity contribution is 5.83. The van der Waals surface area contributed by atoms with Crippen molar-refractivity contribution in [3.8, 4) is 16.9 Å². The molecule has 2 aromatic carbocycles. The average Bonchev–Trinajstić information content (AvgIpc) is 3.08. The van der Waals surface area contributed by atoms with Crippen molar-refractivity contribution in [2.75, 3.05) is 0 Å². The highest BCUT2D eigenvalue weighted by atomic mass is 19.4. The van der Waals surface area contributed by atoms with Gasteiger partial charge in [0, 0.05) is 13.2 Å². The Bertz CT molecular complexity index is 1230. The molecule has 0 atom stereocenters. The van der Waals surface area contributed by atoms with Gasteiger partial charge in [-0.2, -0.15) is 5.10 Å². The Morgan fingerprint density at radius 2 is 1.76 bits per heavy atom. The molecule has 148 valence electrons. The lowest BCUT2D eigenvalue weighted by Crippen LogP contribution is -2.21. The van der Waals surface area contributed by atoms with Gasteiger partial charge in [0.25, 0.3) is 5.56 Å². The normalized spacial score (nSPS) is 11.7. The van der Waals surface area contributed by atoms with E-state index in [1.807, 2.05) is 6.07 Å². The summed E-state index contributed by atoms with van der Waals surface area (Å²) in [5, 5.41) is 4.68. The van der Waals surface area contributed by atoms with Crippen LogP contribution in [0.5, 0.6) is 5.75 Å². The molecular formula is C20H15F3N4O2. The van der Waals surface area contributed by atoms with E-state index in [0.29, 0.717) is 22.0 Å². The van der Waals surface area contributed by atoms with Gasteiger partial charge >= 0.3 is 6.36 Å². The lowest BCUT2D eigenvalue weighted by atomic mass is 10.0. The van der Waals surface area contributed by atoms with Crippen molar-refractivity contribution >= 4 is 10.9 Å². The van der Waals surface area contributed by atoms with E-state index in [1.165, 1.54) is 35.2 Å². The number of fused-ring (bicyclic) bond motifs is 1. The van der Waals surface area contributed by atoms with Gasteiger partial charge < -0.3 is 4.74 Å². The van der Waals surface area contributed by atoms with E-state index >= 15 is 0 Å². The summed E-state index contributed by atoms with van der Waals surface area (Å²) in [5.41, 5.74) is 2.38.